The quantitative estimate of drug-likeness (QED) is 0.530. The zero-order valence-corrected chi connectivity index (χ0v) is 6.25. The van der Waals surface area contributed by atoms with E-state index < -0.39 is 0 Å². The molecule has 1 aliphatic heterocycles. The van der Waals surface area contributed by atoms with Crippen LogP contribution in [-0.2, 0) is 4.74 Å². The molecule has 3 fully saturated rings. The van der Waals surface area contributed by atoms with Crippen LogP contribution in [0.15, 0.2) is 0 Å². The van der Waals surface area contributed by atoms with Gasteiger partial charge in [0.2, 0.25) is 0 Å². The zero-order valence-electron chi connectivity index (χ0n) is 6.25. The fraction of sp³-hybridized carbons (Fsp3) is 1.00. The van der Waals surface area contributed by atoms with Crippen LogP contribution in [0.1, 0.15) is 25.7 Å². The highest BCUT2D eigenvalue weighted by Crippen LogP contribution is 2.60. The molecule has 0 amide bonds. The molecule has 1 saturated heterocycles. The molecule has 56 valence electrons. The molecule has 1 nitrogen and oxygen atoms in total. The van der Waals surface area contributed by atoms with E-state index in [-0.39, 0.29) is 0 Å². The van der Waals surface area contributed by atoms with Crippen molar-refractivity contribution in [1.29, 1.82) is 0 Å². The smallest absolute Gasteiger partial charge is 0.0812 e. The van der Waals surface area contributed by atoms with Crippen LogP contribution >= 0.6 is 0 Å². The van der Waals surface area contributed by atoms with Crippen LogP contribution in [0.25, 0.3) is 0 Å². The van der Waals surface area contributed by atoms with Gasteiger partial charge in [0.25, 0.3) is 0 Å². The highest BCUT2D eigenvalue weighted by Gasteiger charge is 2.53. The summed E-state index contributed by atoms with van der Waals surface area (Å²) in [6.07, 6.45) is 6.66. The summed E-state index contributed by atoms with van der Waals surface area (Å²) < 4.78 is 5.22. The van der Waals surface area contributed by atoms with Gasteiger partial charge in [-0.15, -0.1) is 0 Å². The Bertz CT molecular complexity index is 141. The molecule has 10 heavy (non-hydrogen) atoms. The molecule has 3 atom stereocenters. The first-order valence-electron chi connectivity index (χ1n) is 4.57. The highest BCUT2D eigenvalue weighted by molar-refractivity contribution is 5.02. The fourth-order valence-electron chi connectivity index (χ4n) is 2.83. The lowest BCUT2D eigenvalue weighted by Crippen LogP contribution is -1.92. The standard InChI is InChI=1S/C9H14O/c1-2-7-8(3-1)9(7)4-6-5-10-6/h6-9H,1-5H2. The van der Waals surface area contributed by atoms with Crippen molar-refractivity contribution in [2.45, 2.75) is 31.8 Å². The van der Waals surface area contributed by atoms with Crippen LogP contribution in [-0.4, -0.2) is 12.7 Å². The van der Waals surface area contributed by atoms with E-state index in [9.17, 15) is 0 Å². The van der Waals surface area contributed by atoms with E-state index in [0.29, 0.717) is 6.10 Å². The predicted molar refractivity (Wildman–Crippen MR) is 38.7 cm³/mol. The van der Waals surface area contributed by atoms with Crippen molar-refractivity contribution in [3.63, 3.8) is 0 Å². The molecule has 2 aliphatic carbocycles. The van der Waals surface area contributed by atoms with Crippen LogP contribution in [0.2, 0.25) is 0 Å². The molecule has 0 spiro atoms. The summed E-state index contributed by atoms with van der Waals surface area (Å²) in [6, 6.07) is 0. The van der Waals surface area contributed by atoms with Gasteiger partial charge in [0, 0.05) is 0 Å². The minimum absolute atomic E-state index is 0.690. The number of hydrogen-bond acceptors (Lipinski definition) is 1. The van der Waals surface area contributed by atoms with Crippen LogP contribution < -0.4 is 0 Å². The Kier molecular flexibility index (Phi) is 0.984. The molecule has 0 aromatic heterocycles. The summed E-state index contributed by atoms with van der Waals surface area (Å²) in [7, 11) is 0. The largest absolute Gasteiger partial charge is 0.373 e. The lowest BCUT2D eigenvalue weighted by atomic mass is 10.1. The summed E-state index contributed by atoms with van der Waals surface area (Å²) in [5.41, 5.74) is 0. The number of epoxide rings is 1. The maximum atomic E-state index is 5.22. The Morgan fingerprint density at radius 2 is 1.90 bits per heavy atom. The van der Waals surface area contributed by atoms with Crippen molar-refractivity contribution >= 4 is 0 Å². The van der Waals surface area contributed by atoms with Crippen molar-refractivity contribution in [2.75, 3.05) is 6.61 Å². The molecule has 0 bridgehead atoms. The van der Waals surface area contributed by atoms with Gasteiger partial charge in [0.1, 0.15) is 0 Å². The van der Waals surface area contributed by atoms with E-state index in [1.807, 2.05) is 0 Å². The molecule has 0 aromatic rings. The molecule has 3 rings (SSSR count). The number of ether oxygens (including phenoxy) is 1. The molecule has 0 N–H and O–H groups in total. The van der Waals surface area contributed by atoms with Gasteiger partial charge in [-0.05, 0) is 37.0 Å². The zero-order chi connectivity index (χ0) is 6.55. The van der Waals surface area contributed by atoms with Crippen LogP contribution in [0, 0.1) is 17.8 Å². The molecule has 0 radical (unpaired) electrons. The lowest BCUT2D eigenvalue weighted by Gasteiger charge is -1.97. The van der Waals surface area contributed by atoms with Gasteiger partial charge in [0.05, 0.1) is 12.7 Å². The second-order valence-electron chi connectivity index (χ2n) is 4.11. The maximum Gasteiger partial charge on any atom is 0.0812 e. The minimum atomic E-state index is 0.690. The van der Waals surface area contributed by atoms with Crippen molar-refractivity contribution < 1.29 is 4.74 Å². The molecule has 3 aliphatic rings. The summed E-state index contributed by atoms with van der Waals surface area (Å²) in [5, 5.41) is 0. The molecular weight excluding hydrogens is 124 g/mol. The van der Waals surface area contributed by atoms with Crippen molar-refractivity contribution in [2.24, 2.45) is 17.8 Å². The first kappa shape index (κ1) is 5.59. The van der Waals surface area contributed by atoms with Gasteiger partial charge in [-0.25, -0.2) is 0 Å². The molecule has 3 unspecified atom stereocenters. The normalized spacial score (nSPS) is 56.4. The Morgan fingerprint density at radius 3 is 2.50 bits per heavy atom. The summed E-state index contributed by atoms with van der Waals surface area (Å²) in [5.74, 6) is 3.38. The first-order valence-corrected chi connectivity index (χ1v) is 4.57. The SMILES string of the molecule is C1CC2C(C1)C2CC1CO1. The Balaban J connectivity index is 1.57. The lowest BCUT2D eigenvalue weighted by molar-refractivity contribution is 0.373. The average molecular weight is 138 g/mol. The summed E-state index contributed by atoms with van der Waals surface area (Å²) >= 11 is 0. The average Bonchev–Trinajstić information content (AvgIpc) is 2.81. The van der Waals surface area contributed by atoms with Crippen LogP contribution in [0.5, 0.6) is 0 Å². The first-order chi connectivity index (χ1) is 4.95. The van der Waals surface area contributed by atoms with E-state index in [1.54, 1.807) is 0 Å². The Hall–Kier alpha value is -0.0400. The van der Waals surface area contributed by atoms with E-state index in [4.69, 9.17) is 4.74 Å². The van der Waals surface area contributed by atoms with Gasteiger partial charge in [-0.3, -0.25) is 0 Å². The monoisotopic (exact) mass is 138 g/mol. The molecule has 1 heteroatoms. The minimum Gasteiger partial charge on any atom is -0.373 e. The van der Waals surface area contributed by atoms with Crippen molar-refractivity contribution in [1.82, 2.24) is 0 Å². The van der Waals surface area contributed by atoms with Crippen molar-refractivity contribution in [3.05, 3.63) is 0 Å². The third-order valence-electron chi connectivity index (χ3n) is 3.52. The van der Waals surface area contributed by atoms with E-state index in [1.165, 1.54) is 25.7 Å². The molecule has 0 aromatic carbocycles. The third-order valence-corrected chi connectivity index (χ3v) is 3.52. The molecule has 1 heterocycles. The fourth-order valence-corrected chi connectivity index (χ4v) is 2.83. The van der Waals surface area contributed by atoms with Gasteiger partial charge in [-0.1, -0.05) is 6.42 Å². The van der Waals surface area contributed by atoms with Crippen molar-refractivity contribution in [3.8, 4) is 0 Å². The number of rotatable bonds is 2. The number of hydrogen-bond donors (Lipinski definition) is 0. The second-order valence-corrected chi connectivity index (χ2v) is 4.11. The predicted octanol–water partition coefficient (Wildman–Crippen LogP) is 1.82. The summed E-state index contributed by atoms with van der Waals surface area (Å²) in [6.45, 7) is 1.07. The van der Waals surface area contributed by atoms with Gasteiger partial charge in [0.15, 0.2) is 0 Å². The highest BCUT2D eigenvalue weighted by atomic mass is 16.6. The van der Waals surface area contributed by atoms with E-state index >= 15 is 0 Å². The van der Waals surface area contributed by atoms with Gasteiger partial charge >= 0.3 is 0 Å². The van der Waals surface area contributed by atoms with Gasteiger partial charge < -0.3 is 4.74 Å². The van der Waals surface area contributed by atoms with Gasteiger partial charge in [-0.2, -0.15) is 0 Å². The topological polar surface area (TPSA) is 12.5 Å². The second kappa shape index (κ2) is 1.76. The number of fused-ring (bicyclic) bond motifs is 1. The van der Waals surface area contributed by atoms with E-state index in [0.717, 1.165) is 24.4 Å². The molecular formula is C9H14O. The Labute approximate surface area is 61.8 Å². The molecule has 2 saturated carbocycles. The Morgan fingerprint density at radius 1 is 1.20 bits per heavy atom. The van der Waals surface area contributed by atoms with Crippen LogP contribution in [0.4, 0.5) is 0 Å². The third kappa shape index (κ3) is 0.731. The van der Waals surface area contributed by atoms with Crippen LogP contribution in [0.3, 0.4) is 0 Å². The summed E-state index contributed by atoms with van der Waals surface area (Å²) in [4.78, 5) is 0. The maximum absolute atomic E-state index is 5.22. The van der Waals surface area contributed by atoms with E-state index in [2.05, 4.69) is 0 Å².